The van der Waals surface area contributed by atoms with E-state index in [0.29, 0.717) is 24.9 Å². The third-order valence-electron chi connectivity index (χ3n) is 1.95. The number of carboxylic acid groups (broad SMARTS) is 1. The normalized spacial score (nSPS) is 14.3. The number of amidine groups is 1. The van der Waals surface area contributed by atoms with E-state index in [1.807, 2.05) is 0 Å². The molecule has 2 N–H and O–H groups in total. The number of ether oxygens (including phenoxy) is 1. The summed E-state index contributed by atoms with van der Waals surface area (Å²) in [6.45, 7) is 1.21. The molecule has 0 amide bonds. The SMILES string of the molecule is O=C(O)c1cccc(NC2=NCCO2)c1. The number of nitrogens with one attached hydrogen (secondary N) is 1. The molecule has 0 saturated carbocycles. The van der Waals surface area contributed by atoms with E-state index in [9.17, 15) is 4.79 Å². The minimum absolute atomic E-state index is 0.235. The molecule has 0 aromatic heterocycles. The average molecular weight is 206 g/mol. The van der Waals surface area contributed by atoms with Gasteiger partial charge in [-0.15, -0.1) is 0 Å². The maximum atomic E-state index is 10.7. The molecule has 0 atom stereocenters. The predicted molar refractivity (Wildman–Crippen MR) is 55.3 cm³/mol. The van der Waals surface area contributed by atoms with E-state index >= 15 is 0 Å². The van der Waals surface area contributed by atoms with Crippen molar-refractivity contribution in [3.8, 4) is 0 Å². The van der Waals surface area contributed by atoms with E-state index in [4.69, 9.17) is 9.84 Å². The number of benzene rings is 1. The number of hydrogen-bond donors (Lipinski definition) is 2. The van der Waals surface area contributed by atoms with Gasteiger partial charge in [-0.3, -0.25) is 0 Å². The van der Waals surface area contributed by atoms with Crippen LogP contribution in [-0.2, 0) is 4.74 Å². The quantitative estimate of drug-likeness (QED) is 0.762. The van der Waals surface area contributed by atoms with Crippen LogP contribution in [0.5, 0.6) is 0 Å². The molecule has 1 aliphatic heterocycles. The van der Waals surface area contributed by atoms with Gasteiger partial charge in [-0.05, 0) is 18.2 Å². The fourth-order valence-electron chi connectivity index (χ4n) is 1.26. The standard InChI is InChI=1S/C10H10N2O3/c13-9(14)7-2-1-3-8(6-7)12-10-11-4-5-15-10/h1-3,6H,4-5H2,(H,11,12)(H,13,14). The van der Waals surface area contributed by atoms with Crippen LogP contribution < -0.4 is 5.32 Å². The summed E-state index contributed by atoms with van der Waals surface area (Å²) in [4.78, 5) is 14.7. The molecular formula is C10H10N2O3. The smallest absolute Gasteiger partial charge is 0.335 e. The second-order valence-electron chi connectivity index (χ2n) is 3.05. The van der Waals surface area contributed by atoms with Gasteiger partial charge in [-0.1, -0.05) is 6.07 Å². The Balaban J connectivity index is 2.14. The van der Waals surface area contributed by atoms with Gasteiger partial charge < -0.3 is 15.2 Å². The largest absolute Gasteiger partial charge is 0.478 e. The van der Waals surface area contributed by atoms with Crippen molar-refractivity contribution in [1.29, 1.82) is 0 Å². The van der Waals surface area contributed by atoms with Crippen LogP contribution in [-0.4, -0.2) is 30.2 Å². The van der Waals surface area contributed by atoms with Gasteiger partial charge in [0.2, 0.25) is 0 Å². The van der Waals surface area contributed by atoms with Crippen LogP contribution in [0.15, 0.2) is 29.3 Å². The third-order valence-corrected chi connectivity index (χ3v) is 1.95. The van der Waals surface area contributed by atoms with Gasteiger partial charge >= 0.3 is 5.97 Å². The van der Waals surface area contributed by atoms with Gasteiger partial charge in [-0.2, -0.15) is 0 Å². The Morgan fingerprint density at radius 3 is 3.07 bits per heavy atom. The molecule has 0 bridgehead atoms. The van der Waals surface area contributed by atoms with Crippen molar-refractivity contribution < 1.29 is 14.6 Å². The molecule has 1 aliphatic rings. The second-order valence-corrected chi connectivity index (χ2v) is 3.05. The summed E-state index contributed by atoms with van der Waals surface area (Å²) in [5.74, 6) is -0.951. The van der Waals surface area contributed by atoms with E-state index in [-0.39, 0.29) is 5.56 Å². The molecule has 0 spiro atoms. The number of rotatable bonds is 2. The Morgan fingerprint density at radius 2 is 2.40 bits per heavy atom. The van der Waals surface area contributed by atoms with Crippen LogP contribution in [0.3, 0.4) is 0 Å². The van der Waals surface area contributed by atoms with Crippen LogP contribution in [0.25, 0.3) is 0 Å². The predicted octanol–water partition coefficient (Wildman–Crippen LogP) is 1.18. The topological polar surface area (TPSA) is 70.9 Å². The van der Waals surface area contributed by atoms with E-state index in [1.165, 1.54) is 12.1 Å². The molecule has 1 aromatic carbocycles. The molecule has 1 aromatic rings. The average Bonchev–Trinajstić information content (AvgIpc) is 2.71. The highest BCUT2D eigenvalue weighted by Crippen LogP contribution is 2.11. The number of carboxylic acids is 1. The minimum Gasteiger partial charge on any atom is -0.478 e. The molecule has 1 heterocycles. The van der Waals surface area contributed by atoms with Crippen molar-refractivity contribution in [2.24, 2.45) is 4.99 Å². The number of nitrogens with zero attached hydrogens (tertiary/aromatic N) is 1. The summed E-state index contributed by atoms with van der Waals surface area (Å²) in [6, 6.07) is 6.94. The third kappa shape index (κ3) is 2.25. The minimum atomic E-state index is -0.951. The summed E-state index contributed by atoms with van der Waals surface area (Å²) in [5.41, 5.74) is 0.897. The van der Waals surface area contributed by atoms with Crippen LogP contribution in [0.2, 0.25) is 0 Å². The molecule has 0 fully saturated rings. The highest BCUT2D eigenvalue weighted by atomic mass is 16.5. The van der Waals surface area contributed by atoms with Crippen molar-refractivity contribution in [3.63, 3.8) is 0 Å². The fraction of sp³-hybridized carbons (Fsp3) is 0.200. The Kier molecular flexibility index (Phi) is 2.53. The van der Waals surface area contributed by atoms with Crippen LogP contribution in [0.1, 0.15) is 10.4 Å². The number of hydrogen-bond acceptors (Lipinski definition) is 4. The zero-order chi connectivity index (χ0) is 10.7. The van der Waals surface area contributed by atoms with Gasteiger partial charge in [-0.25, -0.2) is 9.79 Å². The lowest BCUT2D eigenvalue weighted by atomic mass is 10.2. The van der Waals surface area contributed by atoms with E-state index in [0.717, 1.165) is 0 Å². The first-order valence-corrected chi connectivity index (χ1v) is 4.53. The van der Waals surface area contributed by atoms with E-state index < -0.39 is 5.97 Å². The van der Waals surface area contributed by atoms with Gasteiger partial charge in [0, 0.05) is 5.69 Å². The molecule has 0 unspecified atom stereocenters. The molecule has 5 nitrogen and oxygen atoms in total. The van der Waals surface area contributed by atoms with Crippen LogP contribution in [0.4, 0.5) is 5.69 Å². The van der Waals surface area contributed by atoms with Crippen molar-refractivity contribution in [2.75, 3.05) is 18.5 Å². The van der Waals surface area contributed by atoms with Crippen molar-refractivity contribution in [1.82, 2.24) is 0 Å². The van der Waals surface area contributed by atoms with Crippen molar-refractivity contribution in [2.45, 2.75) is 0 Å². The molecule has 15 heavy (non-hydrogen) atoms. The summed E-state index contributed by atoms with van der Waals surface area (Å²) in [5, 5.41) is 11.7. The molecule has 0 saturated heterocycles. The molecule has 5 heteroatoms. The molecule has 2 rings (SSSR count). The maximum absolute atomic E-state index is 10.7. The van der Waals surface area contributed by atoms with Gasteiger partial charge in [0.1, 0.15) is 6.61 Å². The summed E-state index contributed by atoms with van der Waals surface area (Å²) >= 11 is 0. The van der Waals surface area contributed by atoms with Gasteiger partial charge in [0.25, 0.3) is 6.02 Å². The van der Waals surface area contributed by atoms with Crippen LogP contribution >= 0.6 is 0 Å². The van der Waals surface area contributed by atoms with E-state index in [2.05, 4.69) is 10.3 Å². The first kappa shape index (κ1) is 9.51. The molecule has 78 valence electrons. The summed E-state index contributed by atoms with van der Waals surface area (Å²) in [7, 11) is 0. The first-order chi connectivity index (χ1) is 7.25. The number of aromatic carboxylic acids is 1. The summed E-state index contributed by atoms with van der Waals surface area (Å²) < 4.78 is 5.15. The zero-order valence-electron chi connectivity index (χ0n) is 7.93. The van der Waals surface area contributed by atoms with Gasteiger partial charge in [0.05, 0.1) is 12.1 Å². The van der Waals surface area contributed by atoms with Gasteiger partial charge in [0.15, 0.2) is 0 Å². The molecular weight excluding hydrogens is 196 g/mol. The highest BCUT2D eigenvalue weighted by molar-refractivity contribution is 5.93. The zero-order valence-corrected chi connectivity index (χ0v) is 7.93. The Morgan fingerprint density at radius 1 is 1.53 bits per heavy atom. The van der Waals surface area contributed by atoms with Crippen LogP contribution in [0, 0.1) is 0 Å². The number of anilines is 1. The lowest BCUT2D eigenvalue weighted by molar-refractivity contribution is 0.0697. The fourth-order valence-corrected chi connectivity index (χ4v) is 1.26. The number of aliphatic imine (C=N–C) groups is 1. The maximum Gasteiger partial charge on any atom is 0.335 e. The monoisotopic (exact) mass is 206 g/mol. The number of carbonyl (C=O) groups is 1. The Hall–Kier alpha value is -2.04. The van der Waals surface area contributed by atoms with Crippen molar-refractivity contribution >= 4 is 17.7 Å². The summed E-state index contributed by atoms with van der Waals surface area (Å²) in [6.07, 6.45) is 0. The second kappa shape index (κ2) is 4.00. The Labute approximate surface area is 86.4 Å². The van der Waals surface area contributed by atoms with Crippen molar-refractivity contribution in [3.05, 3.63) is 29.8 Å². The van der Waals surface area contributed by atoms with E-state index in [1.54, 1.807) is 12.1 Å². The lowest BCUT2D eigenvalue weighted by Gasteiger charge is -2.05. The molecule has 0 radical (unpaired) electrons. The first-order valence-electron chi connectivity index (χ1n) is 4.53. The highest BCUT2D eigenvalue weighted by Gasteiger charge is 2.08. The lowest BCUT2D eigenvalue weighted by Crippen LogP contribution is -2.12. The Bertz CT molecular complexity index is 415. The molecule has 0 aliphatic carbocycles.